The summed E-state index contributed by atoms with van der Waals surface area (Å²) in [5, 5.41) is 0.0781. The molecule has 70 valence electrons. The first-order valence-corrected chi connectivity index (χ1v) is 4.34. The van der Waals surface area contributed by atoms with Crippen LogP contribution >= 0.6 is 11.6 Å². The molecule has 1 fully saturated rings. The second kappa shape index (κ2) is 3.62. The van der Waals surface area contributed by atoms with Crippen LogP contribution in [0.2, 0.25) is 5.02 Å². The van der Waals surface area contributed by atoms with Crippen LogP contribution in [-0.4, -0.2) is 13.2 Å². The van der Waals surface area contributed by atoms with E-state index < -0.39 is 12.1 Å². The number of ether oxygens (including phenoxy) is 2. The molecule has 13 heavy (non-hydrogen) atoms. The van der Waals surface area contributed by atoms with Gasteiger partial charge in [0.15, 0.2) is 6.29 Å². The Hall–Kier alpha value is -0.640. The minimum atomic E-state index is -0.511. The van der Waals surface area contributed by atoms with Crippen molar-refractivity contribution in [3.63, 3.8) is 0 Å². The van der Waals surface area contributed by atoms with Gasteiger partial charge in [0, 0.05) is 5.56 Å². The molecule has 2 nitrogen and oxygen atoms in total. The van der Waals surface area contributed by atoms with Crippen molar-refractivity contribution >= 4 is 11.6 Å². The predicted octanol–water partition coefficient (Wildman–Crippen LogP) is 2.52. The molecule has 0 N–H and O–H groups in total. The standard InChI is InChI=1S/C9H8ClFO2/c10-8-6(2-1-3-7(8)11)9-12-4-5-13-9/h1-3,9H,4-5H2. The minimum Gasteiger partial charge on any atom is -0.346 e. The molecule has 2 rings (SSSR count). The van der Waals surface area contributed by atoms with E-state index in [1.54, 1.807) is 12.1 Å². The summed E-state index contributed by atoms with van der Waals surface area (Å²) in [6.07, 6.45) is -0.511. The van der Waals surface area contributed by atoms with Crippen LogP contribution in [0.1, 0.15) is 11.9 Å². The average molecular weight is 203 g/mol. The molecule has 0 radical (unpaired) electrons. The summed E-state index contributed by atoms with van der Waals surface area (Å²) in [6, 6.07) is 4.59. The maximum absolute atomic E-state index is 13.0. The maximum Gasteiger partial charge on any atom is 0.185 e. The molecular formula is C9H8ClFO2. The fourth-order valence-corrected chi connectivity index (χ4v) is 1.46. The van der Waals surface area contributed by atoms with Gasteiger partial charge in [-0.1, -0.05) is 23.7 Å². The molecule has 1 aliphatic rings. The molecule has 0 spiro atoms. The molecule has 4 heteroatoms. The topological polar surface area (TPSA) is 18.5 Å². The number of hydrogen-bond donors (Lipinski definition) is 0. The van der Waals surface area contributed by atoms with Gasteiger partial charge in [-0.3, -0.25) is 0 Å². The van der Waals surface area contributed by atoms with Crippen LogP contribution in [0, 0.1) is 5.82 Å². The summed E-state index contributed by atoms with van der Waals surface area (Å²) in [7, 11) is 0. The predicted molar refractivity (Wildman–Crippen MR) is 46.1 cm³/mol. The second-order valence-electron chi connectivity index (χ2n) is 2.72. The molecule has 1 aliphatic heterocycles. The zero-order valence-electron chi connectivity index (χ0n) is 6.80. The van der Waals surface area contributed by atoms with Gasteiger partial charge < -0.3 is 9.47 Å². The van der Waals surface area contributed by atoms with Crippen LogP contribution in [-0.2, 0) is 9.47 Å². The first-order chi connectivity index (χ1) is 6.29. The van der Waals surface area contributed by atoms with Gasteiger partial charge in [0.2, 0.25) is 0 Å². The molecule has 0 unspecified atom stereocenters. The molecule has 1 aromatic carbocycles. The Morgan fingerprint density at radius 2 is 2.00 bits per heavy atom. The fourth-order valence-electron chi connectivity index (χ4n) is 1.24. The van der Waals surface area contributed by atoms with Gasteiger partial charge in [0.05, 0.1) is 18.2 Å². The first kappa shape index (κ1) is 8.94. The van der Waals surface area contributed by atoms with Gasteiger partial charge in [-0.2, -0.15) is 0 Å². The lowest BCUT2D eigenvalue weighted by Crippen LogP contribution is -1.99. The Morgan fingerprint density at radius 3 is 2.69 bits per heavy atom. The maximum atomic E-state index is 13.0. The zero-order valence-corrected chi connectivity index (χ0v) is 7.55. The van der Waals surface area contributed by atoms with Crippen LogP contribution in [0.15, 0.2) is 18.2 Å². The molecule has 0 aromatic heterocycles. The lowest BCUT2D eigenvalue weighted by Gasteiger charge is -2.10. The van der Waals surface area contributed by atoms with Crippen LogP contribution in [0.5, 0.6) is 0 Å². The highest BCUT2D eigenvalue weighted by Gasteiger charge is 2.21. The van der Waals surface area contributed by atoms with Crippen molar-refractivity contribution in [2.75, 3.05) is 13.2 Å². The van der Waals surface area contributed by atoms with Crippen molar-refractivity contribution in [1.29, 1.82) is 0 Å². The summed E-state index contributed by atoms with van der Waals surface area (Å²) < 4.78 is 23.4. The quantitative estimate of drug-likeness (QED) is 0.697. The highest BCUT2D eigenvalue weighted by molar-refractivity contribution is 6.31. The van der Waals surface area contributed by atoms with E-state index in [-0.39, 0.29) is 5.02 Å². The third-order valence-electron chi connectivity index (χ3n) is 1.86. The van der Waals surface area contributed by atoms with Crippen molar-refractivity contribution in [2.45, 2.75) is 6.29 Å². The number of halogens is 2. The van der Waals surface area contributed by atoms with E-state index >= 15 is 0 Å². The van der Waals surface area contributed by atoms with Crippen molar-refractivity contribution < 1.29 is 13.9 Å². The molecule has 1 aromatic rings. The van der Waals surface area contributed by atoms with Crippen LogP contribution in [0.4, 0.5) is 4.39 Å². The highest BCUT2D eigenvalue weighted by Crippen LogP contribution is 2.30. The minimum absolute atomic E-state index is 0.0781. The highest BCUT2D eigenvalue weighted by atomic mass is 35.5. The Labute approximate surface area is 80.2 Å². The van der Waals surface area contributed by atoms with Crippen LogP contribution in [0.25, 0.3) is 0 Å². The lowest BCUT2D eigenvalue weighted by molar-refractivity contribution is -0.0442. The Kier molecular flexibility index (Phi) is 2.49. The normalized spacial score (nSPS) is 18.0. The van der Waals surface area contributed by atoms with E-state index in [1.165, 1.54) is 6.07 Å². The van der Waals surface area contributed by atoms with Gasteiger partial charge in [-0.15, -0.1) is 0 Å². The second-order valence-corrected chi connectivity index (χ2v) is 3.09. The monoisotopic (exact) mass is 202 g/mol. The number of hydrogen-bond acceptors (Lipinski definition) is 2. The van der Waals surface area contributed by atoms with Crippen LogP contribution < -0.4 is 0 Å². The third-order valence-corrected chi connectivity index (χ3v) is 2.26. The van der Waals surface area contributed by atoms with E-state index in [2.05, 4.69) is 0 Å². The van der Waals surface area contributed by atoms with E-state index in [4.69, 9.17) is 21.1 Å². The molecule has 0 aliphatic carbocycles. The molecular weight excluding hydrogens is 195 g/mol. The van der Waals surface area contributed by atoms with Crippen LogP contribution in [0.3, 0.4) is 0 Å². The van der Waals surface area contributed by atoms with Gasteiger partial charge in [-0.25, -0.2) is 4.39 Å². The van der Waals surface area contributed by atoms with Crippen molar-refractivity contribution in [2.24, 2.45) is 0 Å². The summed E-state index contributed by atoms with van der Waals surface area (Å²) in [6.45, 7) is 1.05. The average Bonchev–Trinajstić information content (AvgIpc) is 2.62. The van der Waals surface area contributed by atoms with E-state index in [0.717, 1.165) is 0 Å². The largest absolute Gasteiger partial charge is 0.346 e. The molecule has 0 amide bonds. The molecule has 0 atom stereocenters. The summed E-state index contributed by atoms with van der Waals surface area (Å²) in [5.74, 6) is -0.446. The van der Waals surface area contributed by atoms with Gasteiger partial charge in [0.25, 0.3) is 0 Å². The van der Waals surface area contributed by atoms with Crippen molar-refractivity contribution in [1.82, 2.24) is 0 Å². The molecule has 0 bridgehead atoms. The fraction of sp³-hybridized carbons (Fsp3) is 0.333. The Balaban J connectivity index is 2.33. The zero-order chi connectivity index (χ0) is 9.26. The smallest absolute Gasteiger partial charge is 0.185 e. The molecule has 0 saturated carbocycles. The van der Waals surface area contributed by atoms with E-state index in [0.29, 0.717) is 18.8 Å². The van der Waals surface area contributed by atoms with E-state index in [1.807, 2.05) is 0 Å². The first-order valence-electron chi connectivity index (χ1n) is 3.96. The number of benzene rings is 1. The van der Waals surface area contributed by atoms with Gasteiger partial charge in [0.1, 0.15) is 5.82 Å². The molecule has 1 heterocycles. The summed E-state index contributed by atoms with van der Waals surface area (Å²) >= 11 is 5.74. The van der Waals surface area contributed by atoms with Crippen molar-refractivity contribution in [3.8, 4) is 0 Å². The van der Waals surface area contributed by atoms with Gasteiger partial charge >= 0.3 is 0 Å². The summed E-state index contributed by atoms with van der Waals surface area (Å²) in [5.41, 5.74) is 0.555. The Morgan fingerprint density at radius 1 is 1.31 bits per heavy atom. The van der Waals surface area contributed by atoms with E-state index in [9.17, 15) is 4.39 Å². The lowest BCUT2D eigenvalue weighted by atomic mass is 10.2. The summed E-state index contributed by atoms with van der Waals surface area (Å²) in [4.78, 5) is 0. The number of rotatable bonds is 1. The third kappa shape index (κ3) is 1.68. The molecule has 1 saturated heterocycles. The van der Waals surface area contributed by atoms with Crippen molar-refractivity contribution in [3.05, 3.63) is 34.6 Å². The van der Waals surface area contributed by atoms with Gasteiger partial charge in [-0.05, 0) is 6.07 Å². The Bertz CT molecular complexity index is 310. The SMILES string of the molecule is Fc1cccc(C2OCCO2)c1Cl.